The van der Waals surface area contributed by atoms with E-state index in [1.165, 1.54) is 11.8 Å². The quantitative estimate of drug-likeness (QED) is 0.379. The SMILES string of the molecule is CCc1ncccc1Oc1cc(Sc2ccccn2)cnc1NC(=O)NCc1ccccn1. The number of hydrogen-bond donors (Lipinski definition) is 2. The normalized spacial score (nSPS) is 10.5. The maximum absolute atomic E-state index is 12.5. The Hall–Kier alpha value is -3.98. The molecule has 0 aliphatic heterocycles. The maximum Gasteiger partial charge on any atom is 0.320 e. The number of urea groups is 1. The summed E-state index contributed by atoms with van der Waals surface area (Å²) in [7, 11) is 0. The van der Waals surface area contributed by atoms with Gasteiger partial charge in [-0.3, -0.25) is 15.3 Å². The zero-order valence-electron chi connectivity index (χ0n) is 17.9. The van der Waals surface area contributed by atoms with Gasteiger partial charge in [-0.25, -0.2) is 14.8 Å². The van der Waals surface area contributed by atoms with Gasteiger partial charge in [0.25, 0.3) is 0 Å². The van der Waals surface area contributed by atoms with Crippen LogP contribution in [0.15, 0.2) is 89.3 Å². The van der Waals surface area contributed by atoms with E-state index < -0.39 is 6.03 Å². The molecule has 4 rings (SSSR count). The number of rotatable bonds is 8. The van der Waals surface area contributed by atoms with Gasteiger partial charge in [0.1, 0.15) is 10.8 Å². The molecule has 4 heterocycles. The summed E-state index contributed by atoms with van der Waals surface area (Å²) >= 11 is 1.45. The molecule has 0 radical (unpaired) electrons. The van der Waals surface area contributed by atoms with Crippen molar-refractivity contribution in [2.24, 2.45) is 0 Å². The van der Waals surface area contributed by atoms with Crippen LogP contribution in [0.3, 0.4) is 0 Å². The van der Waals surface area contributed by atoms with Gasteiger partial charge >= 0.3 is 6.03 Å². The lowest BCUT2D eigenvalue weighted by atomic mass is 10.2. The first-order valence-corrected chi connectivity index (χ1v) is 11.2. The number of carbonyl (C=O) groups excluding carboxylic acids is 1. The standard InChI is InChI=1S/C24H22N6O2S/c1-2-19-20(9-7-13-26-19)32-21-14-18(33-22-10-4-6-12-27-22)16-28-23(21)30-24(31)29-15-17-8-3-5-11-25-17/h3-14,16H,2,15H2,1H3,(H2,28,29,30,31). The van der Waals surface area contributed by atoms with Gasteiger partial charge < -0.3 is 10.1 Å². The van der Waals surface area contributed by atoms with Crippen molar-refractivity contribution in [3.8, 4) is 11.5 Å². The van der Waals surface area contributed by atoms with Crippen LogP contribution in [-0.4, -0.2) is 26.0 Å². The van der Waals surface area contributed by atoms with Crippen molar-refractivity contribution in [3.05, 3.63) is 90.8 Å². The molecule has 0 saturated heterocycles. The molecule has 0 unspecified atom stereocenters. The Kier molecular flexibility index (Phi) is 7.44. The second-order valence-corrected chi connectivity index (χ2v) is 7.91. The maximum atomic E-state index is 12.5. The second kappa shape index (κ2) is 11.1. The summed E-state index contributed by atoms with van der Waals surface area (Å²) in [5, 5.41) is 6.38. The van der Waals surface area contributed by atoms with Crippen LogP contribution in [0.5, 0.6) is 11.5 Å². The molecule has 8 nitrogen and oxygen atoms in total. The van der Waals surface area contributed by atoms with Gasteiger partial charge in [0, 0.05) is 35.7 Å². The Balaban J connectivity index is 1.55. The highest BCUT2D eigenvalue weighted by Gasteiger charge is 2.14. The van der Waals surface area contributed by atoms with Gasteiger partial charge in [-0.05, 0) is 42.8 Å². The molecule has 0 aromatic carbocycles. The topological polar surface area (TPSA) is 102 Å². The highest BCUT2D eigenvalue weighted by molar-refractivity contribution is 7.99. The molecule has 4 aromatic rings. The van der Waals surface area contributed by atoms with E-state index in [2.05, 4.69) is 30.6 Å². The molecule has 2 N–H and O–H groups in total. The van der Waals surface area contributed by atoms with E-state index >= 15 is 0 Å². The van der Waals surface area contributed by atoms with Crippen molar-refractivity contribution < 1.29 is 9.53 Å². The third-order valence-electron chi connectivity index (χ3n) is 4.48. The molecule has 166 valence electrons. The average Bonchev–Trinajstić information content (AvgIpc) is 2.86. The summed E-state index contributed by atoms with van der Waals surface area (Å²) < 4.78 is 6.16. The van der Waals surface area contributed by atoms with Crippen LogP contribution in [-0.2, 0) is 13.0 Å². The first-order chi connectivity index (χ1) is 16.2. The van der Waals surface area contributed by atoms with Gasteiger partial charge in [-0.15, -0.1) is 0 Å². The Morgan fingerprint density at radius 3 is 2.52 bits per heavy atom. The monoisotopic (exact) mass is 458 g/mol. The van der Waals surface area contributed by atoms with Gasteiger partial charge in [-0.2, -0.15) is 0 Å². The fourth-order valence-electron chi connectivity index (χ4n) is 2.91. The third kappa shape index (κ3) is 6.27. The van der Waals surface area contributed by atoms with Crippen molar-refractivity contribution in [1.29, 1.82) is 0 Å². The van der Waals surface area contributed by atoms with Crippen LogP contribution in [0.25, 0.3) is 0 Å². The Labute approximate surface area is 195 Å². The lowest BCUT2D eigenvalue weighted by Crippen LogP contribution is -2.29. The van der Waals surface area contributed by atoms with Gasteiger partial charge in [0.05, 0.1) is 17.9 Å². The number of nitrogens with one attached hydrogen (secondary N) is 2. The lowest BCUT2D eigenvalue weighted by Gasteiger charge is -2.14. The predicted molar refractivity (Wildman–Crippen MR) is 126 cm³/mol. The highest BCUT2D eigenvalue weighted by Crippen LogP contribution is 2.35. The van der Waals surface area contributed by atoms with Crippen LogP contribution >= 0.6 is 11.8 Å². The van der Waals surface area contributed by atoms with E-state index in [9.17, 15) is 4.79 Å². The fraction of sp³-hybridized carbons (Fsp3) is 0.125. The van der Waals surface area contributed by atoms with E-state index in [0.717, 1.165) is 21.3 Å². The molecule has 0 saturated carbocycles. The summed E-state index contributed by atoms with van der Waals surface area (Å²) in [4.78, 5) is 30.7. The van der Waals surface area contributed by atoms with Crippen LogP contribution in [0.1, 0.15) is 18.3 Å². The van der Waals surface area contributed by atoms with Gasteiger partial charge in [0.15, 0.2) is 11.6 Å². The van der Waals surface area contributed by atoms with Crippen molar-refractivity contribution in [2.75, 3.05) is 5.32 Å². The summed E-state index contributed by atoms with van der Waals surface area (Å²) in [6.45, 7) is 2.30. The van der Waals surface area contributed by atoms with E-state index in [-0.39, 0.29) is 0 Å². The molecular weight excluding hydrogens is 436 g/mol. The number of pyridine rings is 4. The molecular formula is C24H22N6O2S. The number of ether oxygens (including phenoxy) is 1. The molecule has 0 aliphatic carbocycles. The second-order valence-electron chi connectivity index (χ2n) is 6.82. The molecule has 0 bridgehead atoms. The minimum absolute atomic E-state index is 0.291. The Morgan fingerprint density at radius 1 is 0.939 bits per heavy atom. The van der Waals surface area contributed by atoms with Crippen molar-refractivity contribution >= 4 is 23.6 Å². The molecule has 4 aromatic heterocycles. The van der Waals surface area contributed by atoms with Crippen LogP contribution in [0, 0.1) is 0 Å². The number of anilines is 1. The average molecular weight is 459 g/mol. The van der Waals surface area contributed by atoms with Crippen molar-refractivity contribution in [1.82, 2.24) is 25.3 Å². The molecule has 0 aliphatic rings. The number of aromatic nitrogens is 4. The first-order valence-electron chi connectivity index (χ1n) is 10.4. The Morgan fingerprint density at radius 2 is 1.76 bits per heavy atom. The first kappa shape index (κ1) is 22.2. The van der Waals surface area contributed by atoms with E-state index in [1.807, 2.05) is 55.5 Å². The molecule has 0 spiro atoms. The largest absolute Gasteiger partial charge is 0.452 e. The number of carbonyl (C=O) groups is 1. The smallest absolute Gasteiger partial charge is 0.320 e. The molecule has 33 heavy (non-hydrogen) atoms. The molecule has 9 heteroatoms. The lowest BCUT2D eigenvalue weighted by molar-refractivity contribution is 0.251. The van der Waals surface area contributed by atoms with Crippen molar-refractivity contribution in [3.63, 3.8) is 0 Å². The van der Waals surface area contributed by atoms with Crippen molar-refractivity contribution in [2.45, 2.75) is 29.8 Å². The van der Waals surface area contributed by atoms with E-state index in [4.69, 9.17) is 4.74 Å². The molecule has 2 amide bonds. The number of hydrogen-bond acceptors (Lipinski definition) is 7. The zero-order chi connectivity index (χ0) is 22.9. The Bertz CT molecular complexity index is 1210. The third-order valence-corrected chi connectivity index (χ3v) is 5.39. The number of nitrogens with zero attached hydrogens (tertiary/aromatic N) is 4. The van der Waals surface area contributed by atoms with Gasteiger partial charge in [0.2, 0.25) is 0 Å². The molecule has 0 fully saturated rings. The van der Waals surface area contributed by atoms with E-state index in [1.54, 1.807) is 30.9 Å². The van der Waals surface area contributed by atoms with Crippen LogP contribution in [0.4, 0.5) is 10.6 Å². The summed E-state index contributed by atoms with van der Waals surface area (Å²) in [6.07, 6.45) is 7.52. The fourth-order valence-corrected chi connectivity index (χ4v) is 3.68. The number of aryl methyl sites for hydroxylation is 1. The summed E-state index contributed by atoms with van der Waals surface area (Å²) in [6, 6.07) is 16.3. The minimum atomic E-state index is -0.412. The van der Waals surface area contributed by atoms with E-state index in [0.29, 0.717) is 30.3 Å². The predicted octanol–water partition coefficient (Wildman–Crippen LogP) is 5.09. The molecule has 0 atom stereocenters. The minimum Gasteiger partial charge on any atom is -0.452 e. The number of amides is 2. The van der Waals surface area contributed by atoms with Gasteiger partial charge in [-0.1, -0.05) is 30.8 Å². The zero-order valence-corrected chi connectivity index (χ0v) is 18.7. The van der Waals surface area contributed by atoms with Crippen LogP contribution < -0.4 is 15.4 Å². The van der Waals surface area contributed by atoms with Crippen LogP contribution in [0.2, 0.25) is 0 Å². The summed E-state index contributed by atoms with van der Waals surface area (Å²) in [5.74, 6) is 1.31. The summed E-state index contributed by atoms with van der Waals surface area (Å²) in [5.41, 5.74) is 1.56. The highest BCUT2D eigenvalue weighted by atomic mass is 32.2.